The Balaban J connectivity index is 0.000000440. The van der Waals surface area contributed by atoms with E-state index < -0.39 is 0 Å². The maximum atomic E-state index is 12.0. The third-order valence-electron chi connectivity index (χ3n) is 5.08. The normalized spacial score (nSPS) is 16.2. The largest absolute Gasteiger partial charge is 0.494 e. The van der Waals surface area contributed by atoms with E-state index in [-0.39, 0.29) is 12.0 Å². The molecule has 0 N–H and O–H groups in total. The molecule has 0 fully saturated rings. The van der Waals surface area contributed by atoms with Gasteiger partial charge in [0.15, 0.2) is 0 Å². The van der Waals surface area contributed by atoms with Crippen LogP contribution in [0, 0.1) is 5.92 Å². The molecule has 5 heteroatoms. The van der Waals surface area contributed by atoms with Crippen LogP contribution in [0.1, 0.15) is 19.8 Å². The number of hydrogen-bond donors (Lipinski definition) is 0. The highest BCUT2D eigenvalue weighted by atomic mass is 32.2. The Kier molecular flexibility index (Phi) is 12.4. The topological polar surface area (TPSA) is 38.8 Å². The lowest BCUT2D eigenvalue weighted by Gasteiger charge is -2.17. The molecular weight excluding hydrogens is 442 g/mol. The summed E-state index contributed by atoms with van der Waals surface area (Å²) in [5, 5.41) is 0. The van der Waals surface area contributed by atoms with Crippen LogP contribution < -0.4 is 4.74 Å². The SMILES string of the molecule is C=C/C=C(/CC)SC.CN(CCCOC1=CC2C=CC=CC2=CC=C1)C(=O)Oc1ccccc1. The summed E-state index contributed by atoms with van der Waals surface area (Å²) in [5.74, 6) is 1.66. The number of benzene rings is 1. The minimum atomic E-state index is -0.363. The van der Waals surface area contributed by atoms with E-state index in [0.717, 1.165) is 18.6 Å². The second-order valence-electron chi connectivity index (χ2n) is 7.60. The fraction of sp³-hybridized carbons (Fsp3) is 0.276. The average molecular weight is 478 g/mol. The number of thioether (sulfide) groups is 1. The van der Waals surface area contributed by atoms with Crippen molar-refractivity contribution in [3.63, 3.8) is 0 Å². The van der Waals surface area contributed by atoms with Crippen molar-refractivity contribution in [3.05, 3.63) is 114 Å². The number of carbonyl (C=O) groups excluding carboxylic acids is 1. The summed E-state index contributed by atoms with van der Waals surface area (Å²) in [4.78, 5) is 15.0. The molecule has 0 aromatic heterocycles. The van der Waals surface area contributed by atoms with Gasteiger partial charge in [-0.25, -0.2) is 4.79 Å². The zero-order chi connectivity index (χ0) is 24.6. The molecule has 0 aliphatic heterocycles. The molecule has 1 aromatic rings. The van der Waals surface area contributed by atoms with E-state index in [4.69, 9.17) is 9.47 Å². The first-order valence-corrected chi connectivity index (χ1v) is 12.7. The van der Waals surface area contributed by atoms with E-state index in [1.165, 1.54) is 10.5 Å². The molecule has 0 saturated heterocycles. The molecule has 2 aliphatic rings. The number of ether oxygens (including phenoxy) is 2. The van der Waals surface area contributed by atoms with Crippen LogP contribution in [-0.2, 0) is 4.74 Å². The van der Waals surface area contributed by atoms with Crippen LogP contribution >= 0.6 is 11.8 Å². The van der Waals surface area contributed by atoms with E-state index in [1.54, 1.807) is 35.8 Å². The number of carbonyl (C=O) groups is 1. The number of hydrogen-bond acceptors (Lipinski definition) is 4. The van der Waals surface area contributed by atoms with Gasteiger partial charge in [0.25, 0.3) is 0 Å². The molecule has 34 heavy (non-hydrogen) atoms. The maximum absolute atomic E-state index is 12.0. The zero-order valence-corrected chi connectivity index (χ0v) is 21.2. The monoisotopic (exact) mass is 477 g/mol. The smallest absolute Gasteiger partial charge is 0.414 e. The molecule has 1 unspecified atom stereocenters. The molecule has 0 saturated carbocycles. The summed E-state index contributed by atoms with van der Waals surface area (Å²) >= 11 is 1.78. The van der Waals surface area contributed by atoms with Gasteiger partial charge in [0.2, 0.25) is 0 Å². The predicted molar refractivity (Wildman–Crippen MR) is 145 cm³/mol. The van der Waals surface area contributed by atoms with Gasteiger partial charge in [-0.05, 0) is 53.9 Å². The fourth-order valence-corrected chi connectivity index (χ4v) is 3.71. The van der Waals surface area contributed by atoms with Gasteiger partial charge >= 0.3 is 6.09 Å². The number of allylic oxidation sites excluding steroid dienone is 12. The third kappa shape index (κ3) is 9.75. The van der Waals surface area contributed by atoms with Crippen LogP contribution in [0.4, 0.5) is 4.79 Å². The van der Waals surface area contributed by atoms with Crippen LogP contribution in [0.15, 0.2) is 114 Å². The van der Waals surface area contributed by atoms with Gasteiger partial charge in [0, 0.05) is 19.5 Å². The molecule has 0 spiro atoms. The van der Waals surface area contributed by atoms with Crippen molar-refractivity contribution in [1.29, 1.82) is 0 Å². The van der Waals surface area contributed by atoms with Gasteiger partial charge in [0.05, 0.1) is 6.61 Å². The van der Waals surface area contributed by atoms with Crippen molar-refractivity contribution >= 4 is 17.9 Å². The molecular formula is C29H35NO3S. The minimum absolute atomic E-state index is 0.258. The summed E-state index contributed by atoms with van der Waals surface area (Å²) in [5.41, 5.74) is 1.26. The molecule has 2 aliphatic carbocycles. The number of fused-ring (bicyclic) bond motifs is 1. The van der Waals surface area contributed by atoms with E-state index in [0.29, 0.717) is 18.9 Å². The quantitative estimate of drug-likeness (QED) is 0.273. The van der Waals surface area contributed by atoms with Crippen LogP contribution in [0.25, 0.3) is 0 Å². The van der Waals surface area contributed by atoms with Crippen molar-refractivity contribution in [3.8, 4) is 5.75 Å². The number of nitrogens with zero attached hydrogens (tertiary/aromatic N) is 1. The molecule has 3 rings (SSSR count). The molecule has 0 radical (unpaired) electrons. The summed E-state index contributed by atoms with van der Waals surface area (Å²) in [6.07, 6.45) is 24.0. The molecule has 0 bridgehead atoms. The first-order chi connectivity index (χ1) is 16.6. The Hall–Kier alpha value is -3.18. The number of para-hydroxylation sites is 1. The Labute approximate surface area is 208 Å². The van der Waals surface area contributed by atoms with Crippen LogP contribution in [0.3, 0.4) is 0 Å². The van der Waals surface area contributed by atoms with E-state index in [2.05, 4.69) is 50.1 Å². The van der Waals surface area contributed by atoms with Crippen LogP contribution in [0.5, 0.6) is 5.75 Å². The van der Waals surface area contributed by atoms with Crippen molar-refractivity contribution in [2.45, 2.75) is 19.8 Å². The predicted octanol–water partition coefficient (Wildman–Crippen LogP) is 7.48. The Morgan fingerprint density at radius 2 is 1.97 bits per heavy atom. The van der Waals surface area contributed by atoms with Crippen LogP contribution in [0.2, 0.25) is 0 Å². The summed E-state index contributed by atoms with van der Waals surface area (Å²) in [6, 6.07) is 9.07. The van der Waals surface area contributed by atoms with Crippen molar-refractivity contribution in [2.75, 3.05) is 26.5 Å². The molecule has 4 nitrogen and oxygen atoms in total. The van der Waals surface area contributed by atoms with E-state index in [1.807, 2.05) is 48.6 Å². The minimum Gasteiger partial charge on any atom is -0.494 e. The summed E-state index contributed by atoms with van der Waals surface area (Å²) in [6.45, 7) is 6.86. The maximum Gasteiger partial charge on any atom is 0.414 e. The highest BCUT2D eigenvalue weighted by Gasteiger charge is 2.13. The summed E-state index contributed by atoms with van der Waals surface area (Å²) < 4.78 is 11.2. The highest BCUT2D eigenvalue weighted by molar-refractivity contribution is 8.02. The molecule has 1 atom stereocenters. The Bertz CT molecular complexity index is 964. The highest BCUT2D eigenvalue weighted by Crippen LogP contribution is 2.24. The van der Waals surface area contributed by atoms with Crippen molar-refractivity contribution in [2.24, 2.45) is 5.92 Å². The van der Waals surface area contributed by atoms with E-state index >= 15 is 0 Å². The first kappa shape index (κ1) is 27.1. The lowest BCUT2D eigenvalue weighted by atomic mass is 9.94. The fourth-order valence-electron chi connectivity index (χ4n) is 3.19. The average Bonchev–Trinajstić information content (AvgIpc) is 3.08. The summed E-state index contributed by atoms with van der Waals surface area (Å²) in [7, 11) is 1.73. The Morgan fingerprint density at radius 3 is 2.65 bits per heavy atom. The molecule has 180 valence electrons. The van der Waals surface area contributed by atoms with Gasteiger partial charge in [-0.1, -0.05) is 80.3 Å². The molecule has 1 amide bonds. The van der Waals surface area contributed by atoms with E-state index in [9.17, 15) is 4.79 Å². The van der Waals surface area contributed by atoms with Gasteiger partial charge in [-0.2, -0.15) is 0 Å². The second kappa shape index (κ2) is 15.6. The molecule has 0 heterocycles. The first-order valence-electron chi connectivity index (χ1n) is 11.5. The molecule has 1 aromatic carbocycles. The van der Waals surface area contributed by atoms with Gasteiger partial charge in [-0.15, -0.1) is 11.8 Å². The lowest BCUT2D eigenvalue weighted by Crippen LogP contribution is -2.31. The van der Waals surface area contributed by atoms with Crippen molar-refractivity contribution in [1.82, 2.24) is 4.90 Å². The van der Waals surface area contributed by atoms with Gasteiger partial charge in [0.1, 0.15) is 11.5 Å². The standard InChI is InChI=1S/C22H23NO3.C7H12S/c1-23(22(24)26-20-12-3-2-4-13-20)15-8-16-25-21-14-7-11-18-9-5-6-10-19(18)17-21;1-4-6-7(5-2)8-3/h2-7,9-14,17,19H,8,15-16H2,1H3;4,6H,1,5H2,2-3H3/b;7-6-. The van der Waals surface area contributed by atoms with Crippen LogP contribution in [-0.4, -0.2) is 37.4 Å². The lowest BCUT2D eigenvalue weighted by molar-refractivity contribution is 0.154. The van der Waals surface area contributed by atoms with Gasteiger partial charge in [-0.3, -0.25) is 0 Å². The van der Waals surface area contributed by atoms with Gasteiger partial charge < -0.3 is 14.4 Å². The third-order valence-corrected chi connectivity index (χ3v) is 6.03. The zero-order valence-electron chi connectivity index (χ0n) is 20.4. The number of rotatable bonds is 9. The van der Waals surface area contributed by atoms with Crippen molar-refractivity contribution < 1.29 is 14.3 Å². The Morgan fingerprint density at radius 1 is 1.18 bits per heavy atom. The second-order valence-corrected chi connectivity index (χ2v) is 8.53. The number of amides is 1.